The van der Waals surface area contributed by atoms with Gasteiger partial charge in [0.05, 0.1) is 10.6 Å². The minimum absolute atomic E-state index is 0.0709. The Morgan fingerprint density at radius 1 is 1.05 bits per heavy atom. The maximum absolute atomic E-state index is 12.1. The zero-order valence-electron chi connectivity index (χ0n) is 11.5. The van der Waals surface area contributed by atoms with Crippen LogP contribution in [0, 0.1) is 0 Å². The van der Waals surface area contributed by atoms with E-state index in [1.54, 1.807) is 12.1 Å². The van der Waals surface area contributed by atoms with Crippen molar-refractivity contribution in [2.24, 2.45) is 5.73 Å². The van der Waals surface area contributed by atoms with Crippen molar-refractivity contribution in [1.29, 1.82) is 0 Å². The summed E-state index contributed by atoms with van der Waals surface area (Å²) in [6, 6.07) is 14.6. The van der Waals surface area contributed by atoms with Crippen molar-refractivity contribution in [1.82, 2.24) is 0 Å². The van der Waals surface area contributed by atoms with Crippen molar-refractivity contribution in [2.45, 2.75) is 20.7 Å². The third-order valence-electron chi connectivity index (χ3n) is 2.88. The van der Waals surface area contributed by atoms with Crippen LogP contribution in [0.25, 0.3) is 0 Å². The average Bonchev–Trinajstić information content (AvgIpc) is 2.48. The molecule has 0 radical (unpaired) electrons. The van der Waals surface area contributed by atoms with Crippen LogP contribution in [0.5, 0.6) is 0 Å². The van der Waals surface area contributed by atoms with Gasteiger partial charge in [-0.3, -0.25) is 4.79 Å². The fourth-order valence-corrected chi connectivity index (χ4v) is 3.94. The van der Waals surface area contributed by atoms with Crippen LogP contribution < -0.4 is 5.73 Å². The molecule has 2 aromatic carbocycles. The molecule has 2 rings (SSSR count). The Morgan fingerprint density at radius 2 is 1.59 bits per heavy atom. The zero-order chi connectivity index (χ0) is 16.2. The van der Waals surface area contributed by atoms with Crippen molar-refractivity contribution in [3.05, 3.63) is 54.6 Å². The van der Waals surface area contributed by atoms with E-state index < -0.39 is 27.6 Å². The normalized spacial score (nSPS) is 12.8. The highest BCUT2D eigenvalue weighted by Crippen LogP contribution is 2.28. The standard InChI is InChI=1S/C15H15NO4S2/c16-14(15(17)18)10-22(19,20)13-8-6-12(7-9-13)21-11-4-2-1-3-5-11/h1-9,14H,10,16H2,(H,17,18). The molecule has 0 spiro atoms. The van der Waals surface area contributed by atoms with Gasteiger partial charge in [0.1, 0.15) is 6.04 Å². The zero-order valence-corrected chi connectivity index (χ0v) is 13.2. The second kappa shape index (κ2) is 6.95. The van der Waals surface area contributed by atoms with Gasteiger partial charge >= 0.3 is 5.97 Å². The molecule has 0 fully saturated rings. The highest BCUT2D eigenvalue weighted by atomic mass is 32.2. The predicted octanol–water partition coefficient (Wildman–Crippen LogP) is 2.02. The summed E-state index contributed by atoms with van der Waals surface area (Å²) in [4.78, 5) is 12.7. The molecule has 0 bridgehead atoms. The lowest BCUT2D eigenvalue weighted by atomic mass is 10.4. The molecular weight excluding hydrogens is 322 g/mol. The van der Waals surface area contributed by atoms with E-state index in [0.717, 1.165) is 9.79 Å². The van der Waals surface area contributed by atoms with Crippen molar-refractivity contribution >= 4 is 27.6 Å². The SMILES string of the molecule is NC(CS(=O)(=O)c1ccc(Sc2ccccc2)cc1)C(=O)O. The molecular formula is C15H15NO4S2. The number of carboxylic acid groups (broad SMARTS) is 1. The molecule has 2 aromatic rings. The molecule has 22 heavy (non-hydrogen) atoms. The Kier molecular flexibility index (Phi) is 5.23. The number of aliphatic carboxylic acids is 1. The van der Waals surface area contributed by atoms with E-state index in [2.05, 4.69) is 0 Å². The number of carboxylic acids is 1. The third-order valence-corrected chi connectivity index (χ3v) is 5.68. The number of rotatable bonds is 6. The molecule has 0 aliphatic heterocycles. The summed E-state index contributed by atoms with van der Waals surface area (Å²) in [5.41, 5.74) is 5.29. The molecule has 5 nitrogen and oxygen atoms in total. The van der Waals surface area contributed by atoms with E-state index in [-0.39, 0.29) is 4.90 Å². The predicted molar refractivity (Wildman–Crippen MR) is 84.7 cm³/mol. The van der Waals surface area contributed by atoms with E-state index in [0.29, 0.717) is 0 Å². The highest BCUT2D eigenvalue weighted by molar-refractivity contribution is 7.99. The Labute approximate surface area is 133 Å². The summed E-state index contributed by atoms with van der Waals surface area (Å²) in [6.07, 6.45) is 0. The van der Waals surface area contributed by atoms with Crippen LogP contribution in [0.15, 0.2) is 69.3 Å². The molecule has 0 aromatic heterocycles. The first-order valence-electron chi connectivity index (χ1n) is 6.42. The first-order valence-corrected chi connectivity index (χ1v) is 8.89. The Hall–Kier alpha value is -1.83. The molecule has 0 aliphatic carbocycles. The lowest BCUT2D eigenvalue weighted by Crippen LogP contribution is -2.37. The fraction of sp³-hybridized carbons (Fsp3) is 0.133. The second-order valence-electron chi connectivity index (χ2n) is 4.61. The summed E-state index contributed by atoms with van der Waals surface area (Å²) in [5.74, 6) is -1.95. The van der Waals surface area contributed by atoms with Gasteiger partial charge in [0, 0.05) is 9.79 Å². The first-order chi connectivity index (χ1) is 10.4. The summed E-state index contributed by atoms with van der Waals surface area (Å²) < 4.78 is 24.1. The Bertz CT molecular complexity index is 743. The number of hydrogen-bond acceptors (Lipinski definition) is 5. The largest absolute Gasteiger partial charge is 0.480 e. The van der Waals surface area contributed by atoms with Crippen LogP contribution in [0.1, 0.15) is 0 Å². The molecule has 1 atom stereocenters. The van der Waals surface area contributed by atoms with Gasteiger partial charge in [0.25, 0.3) is 0 Å². The van der Waals surface area contributed by atoms with E-state index in [9.17, 15) is 13.2 Å². The van der Waals surface area contributed by atoms with Crippen LogP contribution in [0.4, 0.5) is 0 Å². The quantitative estimate of drug-likeness (QED) is 0.837. The van der Waals surface area contributed by atoms with Crippen LogP contribution in [-0.4, -0.2) is 31.3 Å². The monoisotopic (exact) mass is 337 g/mol. The van der Waals surface area contributed by atoms with E-state index in [1.165, 1.54) is 23.9 Å². The van der Waals surface area contributed by atoms with Gasteiger partial charge in [0.15, 0.2) is 9.84 Å². The molecule has 0 amide bonds. The summed E-state index contributed by atoms with van der Waals surface area (Å²) in [6.45, 7) is 0. The molecule has 7 heteroatoms. The van der Waals surface area contributed by atoms with Crippen LogP contribution in [-0.2, 0) is 14.6 Å². The molecule has 116 valence electrons. The Morgan fingerprint density at radius 3 is 2.14 bits per heavy atom. The van der Waals surface area contributed by atoms with Crippen LogP contribution in [0.2, 0.25) is 0 Å². The van der Waals surface area contributed by atoms with Gasteiger partial charge in [-0.2, -0.15) is 0 Å². The lowest BCUT2D eigenvalue weighted by molar-refractivity contribution is -0.137. The summed E-state index contributed by atoms with van der Waals surface area (Å²) in [5, 5.41) is 8.71. The second-order valence-corrected chi connectivity index (χ2v) is 7.79. The van der Waals surface area contributed by atoms with Crippen molar-refractivity contribution < 1.29 is 18.3 Å². The van der Waals surface area contributed by atoms with Gasteiger partial charge in [-0.05, 0) is 36.4 Å². The van der Waals surface area contributed by atoms with Crippen LogP contribution in [0.3, 0.4) is 0 Å². The highest BCUT2D eigenvalue weighted by Gasteiger charge is 2.23. The first kappa shape index (κ1) is 16.5. The van der Waals surface area contributed by atoms with Gasteiger partial charge in [0.2, 0.25) is 0 Å². The number of sulfone groups is 1. The fourth-order valence-electron chi connectivity index (χ4n) is 1.74. The van der Waals surface area contributed by atoms with Gasteiger partial charge in [-0.15, -0.1) is 0 Å². The molecule has 0 saturated carbocycles. The molecule has 3 N–H and O–H groups in total. The average molecular weight is 337 g/mol. The van der Waals surface area contributed by atoms with Gasteiger partial charge < -0.3 is 10.8 Å². The van der Waals surface area contributed by atoms with Crippen molar-refractivity contribution in [3.8, 4) is 0 Å². The van der Waals surface area contributed by atoms with Crippen LogP contribution >= 0.6 is 11.8 Å². The van der Waals surface area contributed by atoms with Crippen molar-refractivity contribution in [3.63, 3.8) is 0 Å². The minimum Gasteiger partial charge on any atom is -0.480 e. The van der Waals surface area contributed by atoms with E-state index in [4.69, 9.17) is 10.8 Å². The summed E-state index contributed by atoms with van der Waals surface area (Å²) in [7, 11) is -3.71. The summed E-state index contributed by atoms with van der Waals surface area (Å²) >= 11 is 1.51. The number of carbonyl (C=O) groups is 1. The minimum atomic E-state index is -3.71. The smallest absolute Gasteiger partial charge is 0.321 e. The number of hydrogen-bond donors (Lipinski definition) is 2. The number of benzene rings is 2. The maximum Gasteiger partial charge on any atom is 0.321 e. The van der Waals surface area contributed by atoms with E-state index >= 15 is 0 Å². The molecule has 0 saturated heterocycles. The topological polar surface area (TPSA) is 97.5 Å². The third kappa shape index (κ3) is 4.33. The van der Waals surface area contributed by atoms with Gasteiger partial charge in [-0.1, -0.05) is 30.0 Å². The molecule has 1 unspecified atom stereocenters. The molecule has 0 aliphatic rings. The van der Waals surface area contributed by atoms with Crippen molar-refractivity contribution in [2.75, 3.05) is 5.75 Å². The van der Waals surface area contributed by atoms with Gasteiger partial charge in [-0.25, -0.2) is 8.42 Å². The maximum atomic E-state index is 12.1. The molecule has 0 heterocycles. The Balaban J connectivity index is 2.13. The lowest BCUT2D eigenvalue weighted by Gasteiger charge is -2.08. The number of nitrogens with two attached hydrogens (primary N) is 1. The van der Waals surface area contributed by atoms with E-state index in [1.807, 2.05) is 30.3 Å².